The molecule has 0 aliphatic heterocycles. The standard InChI is InChI=1S/C12H19NS/c1-8-9(2)14-12(13)11(8)10-6-4-3-5-7-10/h10H,3-7,13H2,1-2H3. The molecule has 2 rings (SSSR count). The Morgan fingerprint density at radius 3 is 2.29 bits per heavy atom. The van der Waals surface area contributed by atoms with Gasteiger partial charge in [-0.25, -0.2) is 0 Å². The summed E-state index contributed by atoms with van der Waals surface area (Å²) in [6.07, 6.45) is 6.89. The Morgan fingerprint density at radius 1 is 1.14 bits per heavy atom. The fourth-order valence-corrected chi connectivity index (χ4v) is 3.59. The highest BCUT2D eigenvalue weighted by Crippen LogP contribution is 2.41. The van der Waals surface area contributed by atoms with E-state index in [0.29, 0.717) is 0 Å². The average Bonchev–Trinajstić information content (AvgIpc) is 2.43. The zero-order valence-corrected chi connectivity index (χ0v) is 9.91. The van der Waals surface area contributed by atoms with E-state index in [1.807, 2.05) is 0 Å². The molecule has 0 bridgehead atoms. The number of aryl methyl sites for hydroxylation is 1. The molecule has 0 saturated heterocycles. The number of anilines is 1. The summed E-state index contributed by atoms with van der Waals surface area (Å²) < 4.78 is 0. The van der Waals surface area contributed by atoms with Gasteiger partial charge in [0, 0.05) is 4.88 Å². The second-order valence-electron chi connectivity index (χ2n) is 4.40. The van der Waals surface area contributed by atoms with Gasteiger partial charge in [0.2, 0.25) is 0 Å². The molecule has 1 aliphatic carbocycles. The van der Waals surface area contributed by atoms with Crippen LogP contribution < -0.4 is 5.73 Å². The first kappa shape index (κ1) is 10.0. The van der Waals surface area contributed by atoms with Crippen LogP contribution in [-0.4, -0.2) is 0 Å². The first-order valence-corrected chi connectivity index (χ1v) is 6.37. The molecule has 14 heavy (non-hydrogen) atoms. The molecule has 1 fully saturated rings. The Bertz CT molecular complexity index is 321. The van der Waals surface area contributed by atoms with Gasteiger partial charge in [0.05, 0.1) is 5.00 Å². The summed E-state index contributed by atoms with van der Waals surface area (Å²) >= 11 is 1.77. The van der Waals surface area contributed by atoms with Crippen LogP contribution in [0.25, 0.3) is 0 Å². The molecule has 0 amide bonds. The summed E-state index contributed by atoms with van der Waals surface area (Å²) in [5, 5.41) is 1.08. The normalized spacial score (nSPS) is 18.7. The van der Waals surface area contributed by atoms with Gasteiger partial charge >= 0.3 is 0 Å². The van der Waals surface area contributed by atoms with Gasteiger partial charge in [-0.2, -0.15) is 0 Å². The van der Waals surface area contributed by atoms with Crippen molar-refractivity contribution in [3.63, 3.8) is 0 Å². The molecule has 0 aromatic carbocycles. The molecule has 1 aromatic rings. The van der Waals surface area contributed by atoms with E-state index in [0.717, 1.165) is 10.9 Å². The molecule has 0 unspecified atom stereocenters. The summed E-state index contributed by atoms with van der Waals surface area (Å²) in [6.45, 7) is 4.41. The van der Waals surface area contributed by atoms with Crippen molar-refractivity contribution in [1.82, 2.24) is 0 Å². The summed E-state index contributed by atoms with van der Waals surface area (Å²) in [4.78, 5) is 1.41. The molecule has 1 saturated carbocycles. The first-order valence-electron chi connectivity index (χ1n) is 5.55. The minimum absolute atomic E-state index is 0.758. The van der Waals surface area contributed by atoms with Crippen molar-refractivity contribution in [3.05, 3.63) is 16.0 Å². The van der Waals surface area contributed by atoms with Gasteiger partial charge in [0.15, 0.2) is 0 Å². The fraction of sp³-hybridized carbons (Fsp3) is 0.667. The van der Waals surface area contributed by atoms with Crippen LogP contribution >= 0.6 is 11.3 Å². The van der Waals surface area contributed by atoms with E-state index in [4.69, 9.17) is 5.73 Å². The lowest BCUT2D eigenvalue weighted by atomic mass is 9.83. The van der Waals surface area contributed by atoms with Crippen LogP contribution in [0.5, 0.6) is 0 Å². The van der Waals surface area contributed by atoms with Crippen LogP contribution in [0.3, 0.4) is 0 Å². The van der Waals surface area contributed by atoms with E-state index in [9.17, 15) is 0 Å². The Kier molecular flexibility index (Phi) is 2.82. The van der Waals surface area contributed by atoms with Crippen LogP contribution in [0.4, 0.5) is 5.00 Å². The zero-order valence-electron chi connectivity index (χ0n) is 9.10. The molecule has 0 radical (unpaired) electrons. The number of hydrogen-bond donors (Lipinski definition) is 1. The molecule has 0 spiro atoms. The summed E-state index contributed by atoms with van der Waals surface area (Å²) in [7, 11) is 0. The Balaban J connectivity index is 2.29. The quantitative estimate of drug-likeness (QED) is 0.743. The molecule has 1 aromatic heterocycles. The monoisotopic (exact) mass is 209 g/mol. The second-order valence-corrected chi connectivity index (χ2v) is 5.65. The maximum absolute atomic E-state index is 6.09. The van der Waals surface area contributed by atoms with Gasteiger partial charge in [0.25, 0.3) is 0 Å². The summed E-state index contributed by atoms with van der Waals surface area (Å²) in [5.41, 5.74) is 9.03. The van der Waals surface area contributed by atoms with Crippen LogP contribution in [0, 0.1) is 13.8 Å². The lowest BCUT2D eigenvalue weighted by Crippen LogP contribution is -2.06. The number of nitrogen functional groups attached to an aromatic ring is 1. The third-order valence-corrected chi connectivity index (χ3v) is 4.53. The zero-order chi connectivity index (χ0) is 10.1. The van der Waals surface area contributed by atoms with E-state index in [1.54, 1.807) is 11.3 Å². The van der Waals surface area contributed by atoms with E-state index in [1.165, 1.54) is 48.1 Å². The predicted octanol–water partition coefficient (Wildman–Crippen LogP) is 3.99. The van der Waals surface area contributed by atoms with Gasteiger partial charge in [-0.1, -0.05) is 19.3 Å². The van der Waals surface area contributed by atoms with Crippen molar-refractivity contribution in [1.29, 1.82) is 0 Å². The van der Waals surface area contributed by atoms with Crippen molar-refractivity contribution in [2.75, 3.05) is 5.73 Å². The van der Waals surface area contributed by atoms with Gasteiger partial charge < -0.3 is 5.73 Å². The third kappa shape index (κ3) is 1.68. The first-order chi connectivity index (χ1) is 6.70. The van der Waals surface area contributed by atoms with E-state index < -0.39 is 0 Å². The van der Waals surface area contributed by atoms with Crippen LogP contribution in [-0.2, 0) is 0 Å². The van der Waals surface area contributed by atoms with Gasteiger partial charge in [0.1, 0.15) is 0 Å². The summed E-state index contributed by atoms with van der Waals surface area (Å²) in [5.74, 6) is 0.758. The molecule has 2 N–H and O–H groups in total. The van der Waals surface area contributed by atoms with Crippen molar-refractivity contribution < 1.29 is 0 Å². The Labute approximate surface area is 90.3 Å². The molecule has 1 heterocycles. The topological polar surface area (TPSA) is 26.0 Å². The predicted molar refractivity (Wildman–Crippen MR) is 64.0 cm³/mol. The fourth-order valence-electron chi connectivity index (χ4n) is 2.57. The minimum atomic E-state index is 0.758. The maximum atomic E-state index is 6.09. The van der Waals surface area contributed by atoms with Gasteiger partial charge in [-0.3, -0.25) is 0 Å². The van der Waals surface area contributed by atoms with Crippen molar-refractivity contribution in [3.8, 4) is 0 Å². The molecule has 78 valence electrons. The minimum Gasteiger partial charge on any atom is -0.390 e. The average molecular weight is 209 g/mol. The van der Waals surface area contributed by atoms with E-state index >= 15 is 0 Å². The van der Waals surface area contributed by atoms with Gasteiger partial charge in [-0.15, -0.1) is 11.3 Å². The molecule has 0 atom stereocenters. The van der Waals surface area contributed by atoms with Crippen LogP contribution in [0.15, 0.2) is 0 Å². The van der Waals surface area contributed by atoms with E-state index in [2.05, 4.69) is 13.8 Å². The molecule has 2 heteroatoms. The molecular formula is C12H19NS. The smallest absolute Gasteiger partial charge is 0.0897 e. The third-order valence-electron chi connectivity index (χ3n) is 3.47. The number of nitrogens with two attached hydrogens (primary N) is 1. The number of thiophene rings is 1. The molecule has 1 nitrogen and oxygen atoms in total. The van der Waals surface area contributed by atoms with Crippen LogP contribution in [0.2, 0.25) is 0 Å². The van der Waals surface area contributed by atoms with Crippen molar-refractivity contribution >= 4 is 16.3 Å². The largest absolute Gasteiger partial charge is 0.390 e. The SMILES string of the molecule is Cc1sc(N)c(C2CCCCC2)c1C. The highest BCUT2D eigenvalue weighted by atomic mass is 32.1. The van der Waals surface area contributed by atoms with E-state index in [-0.39, 0.29) is 0 Å². The summed E-state index contributed by atoms with van der Waals surface area (Å²) in [6, 6.07) is 0. The molecular weight excluding hydrogens is 190 g/mol. The number of hydrogen-bond acceptors (Lipinski definition) is 2. The Hall–Kier alpha value is -0.500. The lowest BCUT2D eigenvalue weighted by Gasteiger charge is -2.22. The van der Waals surface area contributed by atoms with Crippen molar-refractivity contribution in [2.45, 2.75) is 51.9 Å². The van der Waals surface area contributed by atoms with Gasteiger partial charge in [-0.05, 0) is 43.7 Å². The number of rotatable bonds is 1. The Morgan fingerprint density at radius 2 is 1.79 bits per heavy atom. The maximum Gasteiger partial charge on any atom is 0.0897 e. The second kappa shape index (κ2) is 3.93. The highest BCUT2D eigenvalue weighted by molar-refractivity contribution is 7.16. The highest BCUT2D eigenvalue weighted by Gasteiger charge is 2.21. The van der Waals surface area contributed by atoms with Crippen LogP contribution in [0.1, 0.15) is 54.0 Å². The molecule has 1 aliphatic rings. The lowest BCUT2D eigenvalue weighted by molar-refractivity contribution is 0.444. The van der Waals surface area contributed by atoms with Crippen molar-refractivity contribution in [2.24, 2.45) is 0 Å².